The lowest BCUT2D eigenvalue weighted by Gasteiger charge is -2.36. The minimum absolute atomic E-state index is 0.0407. The van der Waals surface area contributed by atoms with E-state index in [0.717, 1.165) is 24.9 Å². The van der Waals surface area contributed by atoms with Crippen molar-refractivity contribution >= 4 is 5.91 Å². The number of rotatable bonds is 2. The lowest BCUT2D eigenvalue weighted by molar-refractivity contribution is -0.132. The van der Waals surface area contributed by atoms with E-state index in [1.165, 1.54) is 17.2 Å². The van der Waals surface area contributed by atoms with E-state index in [-0.39, 0.29) is 17.4 Å². The van der Waals surface area contributed by atoms with E-state index in [4.69, 9.17) is 0 Å². The molecule has 5 nitrogen and oxygen atoms in total. The summed E-state index contributed by atoms with van der Waals surface area (Å²) in [5, 5.41) is 22.6. The fourth-order valence-corrected chi connectivity index (χ4v) is 4.23. The van der Waals surface area contributed by atoms with Crippen LogP contribution < -0.4 is 5.32 Å². The summed E-state index contributed by atoms with van der Waals surface area (Å²) in [5.41, 5.74) is 2.64. The number of hydrogen-bond acceptors (Lipinski definition) is 4. The zero-order valence-corrected chi connectivity index (χ0v) is 14.0. The number of amides is 1. The van der Waals surface area contributed by atoms with Crippen LogP contribution in [-0.4, -0.2) is 33.1 Å². The summed E-state index contributed by atoms with van der Waals surface area (Å²) in [6, 6.07) is 12.8. The van der Waals surface area contributed by atoms with Crippen LogP contribution in [-0.2, 0) is 24.3 Å². The molecule has 5 heteroatoms. The van der Waals surface area contributed by atoms with Gasteiger partial charge in [-0.05, 0) is 48.2 Å². The topological polar surface area (TPSA) is 72.8 Å². The van der Waals surface area contributed by atoms with Crippen molar-refractivity contribution in [2.45, 2.75) is 37.9 Å². The van der Waals surface area contributed by atoms with E-state index in [1.54, 1.807) is 12.1 Å². The molecular weight excluding hydrogens is 316 g/mol. The Balaban J connectivity index is 1.68. The van der Waals surface area contributed by atoms with Crippen molar-refractivity contribution < 1.29 is 15.0 Å². The first-order chi connectivity index (χ1) is 12.1. The van der Waals surface area contributed by atoms with Gasteiger partial charge in [-0.25, -0.2) is 0 Å². The summed E-state index contributed by atoms with van der Waals surface area (Å²) in [7, 11) is 0. The highest BCUT2D eigenvalue weighted by atomic mass is 16.3. The van der Waals surface area contributed by atoms with Crippen molar-refractivity contribution in [1.82, 2.24) is 10.2 Å². The van der Waals surface area contributed by atoms with Crippen molar-refractivity contribution in [2.24, 2.45) is 0 Å². The largest absolute Gasteiger partial charge is 0.508 e. The minimum Gasteiger partial charge on any atom is -0.508 e. The maximum Gasteiger partial charge on any atom is 0.241 e. The molecule has 0 saturated carbocycles. The number of aromatic hydroxyl groups is 2. The molecule has 0 bridgehead atoms. The second-order valence-corrected chi connectivity index (χ2v) is 7.04. The SMILES string of the molecule is O=C1NCc2ccccc2CC12CCCN2Cc1cc(O)cc(O)c1. The lowest BCUT2D eigenvalue weighted by Crippen LogP contribution is -2.55. The zero-order valence-electron chi connectivity index (χ0n) is 14.0. The monoisotopic (exact) mass is 338 g/mol. The van der Waals surface area contributed by atoms with Gasteiger partial charge in [0.05, 0.1) is 0 Å². The zero-order chi connectivity index (χ0) is 17.4. The Morgan fingerprint density at radius 2 is 1.80 bits per heavy atom. The summed E-state index contributed by atoms with van der Waals surface area (Å²) >= 11 is 0. The molecule has 130 valence electrons. The van der Waals surface area contributed by atoms with Crippen LogP contribution in [0.3, 0.4) is 0 Å². The van der Waals surface area contributed by atoms with Crippen LogP contribution in [0.15, 0.2) is 42.5 Å². The highest BCUT2D eigenvalue weighted by Crippen LogP contribution is 2.37. The molecule has 1 atom stereocenters. The molecule has 1 saturated heterocycles. The number of hydrogen-bond donors (Lipinski definition) is 3. The van der Waals surface area contributed by atoms with Gasteiger partial charge < -0.3 is 15.5 Å². The van der Waals surface area contributed by atoms with Gasteiger partial charge >= 0.3 is 0 Å². The fourth-order valence-electron chi connectivity index (χ4n) is 4.23. The van der Waals surface area contributed by atoms with Crippen LogP contribution in [0.2, 0.25) is 0 Å². The first-order valence-corrected chi connectivity index (χ1v) is 8.69. The summed E-state index contributed by atoms with van der Waals surface area (Å²) in [5.74, 6) is 0.156. The Morgan fingerprint density at radius 1 is 1.08 bits per heavy atom. The molecule has 1 amide bonds. The van der Waals surface area contributed by atoms with Gasteiger partial charge in [-0.2, -0.15) is 0 Å². The van der Waals surface area contributed by atoms with Crippen molar-refractivity contribution in [3.8, 4) is 11.5 Å². The Labute approximate surface area is 146 Å². The number of nitrogens with one attached hydrogen (secondary N) is 1. The van der Waals surface area contributed by atoms with Crippen LogP contribution in [0.5, 0.6) is 11.5 Å². The smallest absolute Gasteiger partial charge is 0.241 e. The second-order valence-electron chi connectivity index (χ2n) is 7.04. The Hall–Kier alpha value is -2.53. The van der Waals surface area contributed by atoms with E-state index in [9.17, 15) is 15.0 Å². The van der Waals surface area contributed by atoms with Crippen LogP contribution in [0.4, 0.5) is 0 Å². The average Bonchev–Trinajstić information content (AvgIpc) is 2.89. The molecule has 1 spiro atoms. The summed E-state index contributed by atoms with van der Waals surface area (Å²) < 4.78 is 0. The highest BCUT2D eigenvalue weighted by Gasteiger charge is 2.48. The molecule has 3 N–H and O–H groups in total. The third-order valence-electron chi connectivity index (χ3n) is 5.42. The molecule has 2 aromatic carbocycles. The number of fused-ring (bicyclic) bond motifs is 1. The Bertz CT molecular complexity index is 800. The van der Waals surface area contributed by atoms with Crippen LogP contribution in [0.1, 0.15) is 29.5 Å². The first kappa shape index (κ1) is 16.0. The van der Waals surface area contributed by atoms with Gasteiger partial charge in [0.25, 0.3) is 0 Å². The summed E-state index contributed by atoms with van der Waals surface area (Å²) in [4.78, 5) is 15.2. The number of carbonyl (C=O) groups is 1. The molecule has 4 rings (SSSR count). The summed E-state index contributed by atoms with van der Waals surface area (Å²) in [6.45, 7) is 1.92. The predicted octanol–water partition coefficient (Wildman–Crippen LogP) is 2.30. The van der Waals surface area contributed by atoms with E-state index < -0.39 is 5.54 Å². The van der Waals surface area contributed by atoms with Gasteiger partial charge in [0, 0.05) is 25.6 Å². The van der Waals surface area contributed by atoms with Crippen molar-refractivity contribution in [3.63, 3.8) is 0 Å². The molecular formula is C20H22N2O3. The lowest BCUT2D eigenvalue weighted by atomic mass is 9.86. The van der Waals surface area contributed by atoms with Gasteiger partial charge in [0.1, 0.15) is 17.0 Å². The third kappa shape index (κ3) is 2.85. The molecule has 0 aromatic heterocycles. The van der Waals surface area contributed by atoms with E-state index in [1.807, 2.05) is 12.1 Å². The van der Waals surface area contributed by atoms with Gasteiger partial charge in [-0.15, -0.1) is 0 Å². The van der Waals surface area contributed by atoms with Crippen molar-refractivity contribution in [3.05, 3.63) is 59.2 Å². The van der Waals surface area contributed by atoms with Gasteiger partial charge in [0.15, 0.2) is 0 Å². The number of carbonyl (C=O) groups excluding carboxylic acids is 1. The number of likely N-dealkylation sites (tertiary alicyclic amines) is 1. The fraction of sp³-hybridized carbons (Fsp3) is 0.350. The Morgan fingerprint density at radius 3 is 2.56 bits per heavy atom. The van der Waals surface area contributed by atoms with Crippen molar-refractivity contribution in [2.75, 3.05) is 6.54 Å². The quantitative estimate of drug-likeness (QED) is 0.786. The summed E-state index contributed by atoms with van der Waals surface area (Å²) in [6.07, 6.45) is 2.47. The van der Waals surface area contributed by atoms with Crippen LogP contribution >= 0.6 is 0 Å². The van der Waals surface area contributed by atoms with Gasteiger partial charge in [-0.1, -0.05) is 24.3 Å². The van der Waals surface area contributed by atoms with E-state index >= 15 is 0 Å². The molecule has 0 radical (unpaired) electrons. The minimum atomic E-state index is -0.562. The number of phenols is 2. The highest BCUT2D eigenvalue weighted by molar-refractivity contribution is 5.87. The second kappa shape index (κ2) is 6.08. The Kier molecular flexibility index (Phi) is 3.88. The van der Waals surface area contributed by atoms with Gasteiger partial charge in [0.2, 0.25) is 5.91 Å². The molecule has 25 heavy (non-hydrogen) atoms. The van der Waals surface area contributed by atoms with Crippen LogP contribution in [0, 0.1) is 0 Å². The molecule has 0 aliphatic carbocycles. The maximum absolute atomic E-state index is 13.0. The number of phenolic OH excluding ortho intramolecular Hbond substituents is 2. The number of nitrogens with zero attached hydrogens (tertiary/aromatic N) is 1. The molecule has 1 unspecified atom stereocenters. The third-order valence-corrected chi connectivity index (χ3v) is 5.42. The predicted molar refractivity (Wildman–Crippen MR) is 94.1 cm³/mol. The van der Waals surface area contributed by atoms with Crippen molar-refractivity contribution in [1.29, 1.82) is 0 Å². The normalized spacial score (nSPS) is 23.3. The molecule has 2 aromatic rings. The molecule has 2 aliphatic heterocycles. The molecule has 2 heterocycles. The van der Waals surface area contributed by atoms with E-state index in [2.05, 4.69) is 22.3 Å². The first-order valence-electron chi connectivity index (χ1n) is 8.69. The molecule has 1 fully saturated rings. The molecule has 2 aliphatic rings. The van der Waals surface area contributed by atoms with Gasteiger partial charge in [-0.3, -0.25) is 9.69 Å². The van der Waals surface area contributed by atoms with E-state index in [0.29, 0.717) is 19.5 Å². The maximum atomic E-state index is 13.0. The van der Waals surface area contributed by atoms with Crippen LogP contribution in [0.25, 0.3) is 0 Å². The average molecular weight is 338 g/mol. The standard InChI is InChI=1S/C20H22N2O3/c23-17-8-14(9-18(24)10-17)13-22-7-3-6-20(22)11-15-4-1-2-5-16(15)12-21-19(20)25/h1-2,4-5,8-10,23-24H,3,6-7,11-13H2,(H,21,25). The number of benzene rings is 2.